The highest BCUT2D eigenvalue weighted by Crippen LogP contribution is 2.56. The minimum absolute atomic E-state index is 0.0942. The highest BCUT2D eigenvalue weighted by molar-refractivity contribution is 5.79. The largest absolute Gasteiger partial charge is 0.393 e. The van der Waals surface area contributed by atoms with Crippen molar-refractivity contribution in [1.82, 2.24) is 0 Å². The Balaban J connectivity index is 2.30. The molecule has 2 heteroatoms. The smallest absolute Gasteiger partial charge is 0.133 e. The van der Waals surface area contributed by atoms with Crippen molar-refractivity contribution in [2.24, 2.45) is 16.7 Å². The number of Topliss-reactive ketones (excluding diaryl/α,β-unsaturated/α-hetero) is 1. The SMILES string of the molecule is CC1(C)[C@@H](O)CC[C@]2(C)CCC(=O)C[C@@H]12. The number of aliphatic hydroxyl groups is 1. The Morgan fingerprint density at radius 1 is 1.27 bits per heavy atom. The average molecular weight is 210 g/mol. The van der Waals surface area contributed by atoms with E-state index < -0.39 is 0 Å². The molecule has 15 heavy (non-hydrogen) atoms. The molecule has 2 nitrogen and oxygen atoms in total. The highest BCUT2D eigenvalue weighted by atomic mass is 16.3. The Bertz CT molecular complexity index is 278. The lowest BCUT2D eigenvalue weighted by Crippen LogP contribution is -2.52. The Hall–Kier alpha value is -0.370. The summed E-state index contributed by atoms with van der Waals surface area (Å²) in [6.45, 7) is 6.55. The van der Waals surface area contributed by atoms with Crippen LogP contribution >= 0.6 is 0 Å². The zero-order chi connectivity index (χ0) is 11.3. The second kappa shape index (κ2) is 3.31. The maximum atomic E-state index is 11.6. The zero-order valence-electron chi connectivity index (χ0n) is 10.0. The van der Waals surface area contributed by atoms with Crippen LogP contribution in [0.4, 0.5) is 0 Å². The van der Waals surface area contributed by atoms with Crippen LogP contribution in [0.25, 0.3) is 0 Å². The van der Waals surface area contributed by atoms with E-state index in [0.717, 1.165) is 25.7 Å². The lowest BCUT2D eigenvalue weighted by molar-refractivity contribution is -0.142. The molecule has 0 radical (unpaired) electrons. The molecular weight excluding hydrogens is 188 g/mol. The van der Waals surface area contributed by atoms with Crippen LogP contribution in [0.1, 0.15) is 52.9 Å². The molecule has 1 N–H and O–H groups in total. The molecule has 0 aromatic rings. The molecule has 2 saturated carbocycles. The van der Waals surface area contributed by atoms with Gasteiger partial charge in [-0.1, -0.05) is 20.8 Å². The molecule has 2 aliphatic rings. The van der Waals surface area contributed by atoms with Gasteiger partial charge in [-0.05, 0) is 36.0 Å². The van der Waals surface area contributed by atoms with E-state index >= 15 is 0 Å². The summed E-state index contributed by atoms with van der Waals surface area (Å²) in [4.78, 5) is 11.6. The summed E-state index contributed by atoms with van der Waals surface area (Å²) in [5, 5.41) is 10.1. The molecule has 2 fully saturated rings. The molecule has 0 amide bonds. The summed E-state index contributed by atoms with van der Waals surface area (Å²) < 4.78 is 0. The van der Waals surface area contributed by atoms with Gasteiger partial charge >= 0.3 is 0 Å². The lowest BCUT2D eigenvalue weighted by Gasteiger charge is -2.55. The summed E-state index contributed by atoms with van der Waals surface area (Å²) in [5.41, 5.74) is 0.194. The first-order chi connectivity index (χ1) is 6.86. The number of carbonyl (C=O) groups excluding carboxylic acids is 1. The molecule has 0 aromatic carbocycles. The first kappa shape index (κ1) is 11.1. The van der Waals surface area contributed by atoms with E-state index in [9.17, 15) is 9.90 Å². The normalized spacial score (nSPS) is 44.9. The first-order valence-electron chi connectivity index (χ1n) is 6.06. The van der Waals surface area contributed by atoms with E-state index in [1.807, 2.05) is 0 Å². The minimum atomic E-state index is -0.235. The van der Waals surface area contributed by atoms with Gasteiger partial charge in [0.15, 0.2) is 0 Å². The van der Waals surface area contributed by atoms with Crippen molar-refractivity contribution in [3.05, 3.63) is 0 Å². The van der Waals surface area contributed by atoms with Crippen LogP contribution in [-0.2, 0) is 4.79 Å². The molecular formula is C13H22O2. The van der Waals surface area contributed by atoms with Crippen LogP contribution in [0.15, 0.2) is 0 Å². The maximum Gasteiger partial charge on any atom is 0.133 e. The number of fused-ring (bicyclic) bond motifs is 1. The zero-order valence-corrected chi connectivity index (χ0v) is 10.0. The Kier molecular flexibility index (Phi) is 2.45. The lowest BCUT2D eigenvalue weighted by atomic mass is 9.50. The summed E-state index contributed by atoms with van der Waals surface area (Å²) in [6, 6.07) is 0. The predicted molar refractivity (Wildman–Crippen MR) is 59.5 cm³/mol. The van der Waals surface area contributed by atoms with Crippen molar-refractivity contribution < 1.29 is 9.90 Å². The van der Waals surface area contributed by atoms with Gasteiger partial charge in [0.1, 0.15) is 5.78 Å². The number of ketones is 1. The number of hydrogen-bond acceptors (Lipinski definition) is 2. The van der Waals surface area contributed by atoms with Crippen molar-refractivity contribution >= 4 is 5.78 Å². The van der Waals surface area contributed by atoms with Gasteiger partial charge in [-0.15, -0.1) is 0 Å². The molecule has 3 atom stereocenters. The molecule has 2 aliphatic carbocycles. The fraction of sp³-hybridized carbons (Fsp3) is 0.923. The van der Waals surface area contributed by atoms with E-state index in [1.165, 1.54) is 0 Å². The Labute approximate surface area is 92.1 Å². The molecule has 0 saturated heterocycles. The second-order valence-electron chi connectivity index (χ2n) is 6.33. The molecule has 0 aliphatic heterocycles. The van der Waals surface area contributed by atoms with Crippen LogP contribution in [0.2, 0.25) is 0 Å². The van der Waals surface area contributed by atoms with E-state index in [0.29, 0.717) is 18.1 Å². The van der Waals surface area contributed by atoms with Crippen LogP contribution < -0.4 is 0 Å². The molecule has 0 unspecified atom stereocenters. The molecule has 0 aromatic heterocycles. The van der Waals surface area contributed by atoms with Gasteiger partial charge in [0.05, 0.1) is 6.10 Å². The molecule has 0 bridgehead atoms. The molecule has 0 spiro atoms. The van der Waals surface area contributed by atoms with E-state index in [4.69, 9.17) is 0 Å². The van der Waals surface area contributed by atoms with Crippen molar-refractivity contribution in [1.29, 1.82) is 0 Å². The van der Waals surface area contributed by atoms with Crippen molar-refractivity contribution in [2.75, 3.05) is 0 Å². The van der Waals surface area contributed by atoms with E-state index in [2.05, 4.69) is 20.8 Å². The minimum Gasteiger partial charge on any atom is -0.393 e. The Morgan fingerprint density at radius 3 is 2.60 bits per heavy atom. The van der Waals surface area contributed by atoms with Gasteiger partial charge in [-0.2, -0.15) is 0 Å². The summed E-state index contributed by atoms with van der Waals surface area (Å²) in [7, 11) is 0. The number of carbonyl (C=O) groups is 1. The van der Waals surface area contributed by atoms with Crippen molar-refractivity contribution in [3.8, 4) is 0 Å². The summed E-state index contributed by atoms with van der Waals surface area (Å²) >= 11 is 0. The monoisotopic (exact) mass is 210 g/mol. The van der Waals surface area contributed by atoms with Crippen molar-refractivity contribution in [2.45, 2.75) is 59.0 Å². The van der Waals surface area contributed by atoms with Crippen LogP contribution in [0.3, 0.4) is 0 Å². The molecule has 86 valence electrons. The summed E-state index contributed by atoms with van der Waals surface area (Å²) in [6.07, 6.45) is 4.19. The van der Waals surface area contributed by atoms with Crippen LogP contribution in [0.5, 0.6) is 0 Å². The van der Waals surface area contributed by atoms with Gasteiger partial charge in [0.25, 0.3) is 0 Å². The maximum absolute atomic E-state index is 11.6. The van der Waals surface area contributed by atoms with Crippen molar-refractivity contribution in [3.63, 3.8) is 0 Å². The Morgan fingerprint density at radius 2 is 1.93 bits per heavy atom. The number of hydrogen-bond donors (Lipinski definition) is 1. The van der Waals surface area contributed by atoms with E-state index in [1.54, 1.807) is 0 Å². The van der Waals surface area contributed by atoms with E-state index in [-0.39, 0.29) is 16.9 Å². The fourth-order valence-electron chi connectivity index (χ4n) is 3.71. The second-order valence-corrected chi connectivity index (χ2v) is 6.33. The van der Waals surface area contributed by atoms with Gasteiger partial charge < -0.3 is 5.11 Å². The molecule has 2 rings (SSSR count). The van der Waals surface area contributed by atoms with Gasteiger partial charge in [-0.3, -0.25) is 4.79 Å². The van der Waals surface area contributed by atoms with Gasteiger partial charge in [0, 0.05) is 12.8 Å². The average Bonchev–Trinajstić information content (AvgIpc) is 2.16. The third-order valence-electron chi connectivity index (χ3n) is 4.99. The number of aliphatic hydroxyl groups excluding tert-OH is 1. The van der Waals surface area contributed by atoms with Gasteiger partial charge in [-0.25, -0.2) is 0 Å². The number of rotatable bonds is 0. The predicted octanol–water partition coefficient (Wildman–Crippen LogP) is 2.54. The highest BCUT2D eigenvalue weighted by Gasteiger charge is 2.52. The quantitative estimate of drug-likeness (QED) is 0.667. The third-order valence-corrected chi connectivity index (χ3v) is 4.99. The molecule has 0 heterocycles. The van der Waals surface area contributed by atoms with Gasteiger partial charge in [0.2, 0.25) is 0 Å². The fourth-order valence-corrected chi connectivity index (χ4v) is 3.71. The van der Waals surface area contributed by atoms with Crippen LogP contribution in [0, 0.1) is 16.7 Å². The summed E-state index contributed by atoms with van der Waals surface area (Å²) in [5.74, 6) is 0.759. The standard InChI is InChI=1S/C13H22O2/c1-12(2)10-8-9(14)4-6-13(10,3)7-5-11(12)15/h10-11,15H,4-8H2,1-3H3/t10-,11-,13-/m0/s1. The van der Waals surface area contributed by atoms with Crippen LogP contribution in [-0.4, -0.2) is 17.0 Å². The first-order valence-corrected chi connectivity index (χ1v) is 6.06. The third kappa shape index (κ3) is 1.63. The topological polar surface area (TPSA) is 37.3 Å².